The van der Waals surface area contributed by atoms with Crippen LogP contribution in [0.2, 0.25) is 0 Å². The third kappa shape index (κ3) is 4.91. The van der Waals surface area contributed by atoms with E-state index in [-0.39, 0.29) is 16.9 Å². The van der Waals surface area contributed by atoms with Crippen LogP contribution in [0.15, 0.2) is 30.5 Å². The number of carbonyl (C=O) groups excluding carboxylic acids is 1. The smallest absolute Gasteiger partial charge is 0.277 e. The number of halogens is 1. The van der Waals surface area contributed by atoms with Crippen molar-refractivity contribution in [1.29, 1.82) is 0 Å². The fourth-order valence-corrected chi connectivity index (χ4v) is 4.29. The molecule has 1 fully saturated rings. The Hall–Kier alpha value is -3.86. The maximum Gasteiger partial charge on any atom is 0.277 e. The first-order chi connectivity index (χ1) is 17.6. The Bertz CT molecular complexity index is 1460. The van der Waals surface area contributed by atoms with Gasteiger partial charge in [-0.1, -0.05) is 6.92 Å². The summed E-state index contributed by atoms with van der Waals surface area (Å²) in [5.74, 6) is 0.594. The summed E-state index contributed by atoms with van der Waals surface area (Å²) in [6.07, 6.45) is 2.10. The van der Waals surface area contributed by atoms with E-state index in [9.17, 15) is 9.18 Å². The van der Waals surface area contributed by atoms with E-state index in [0.29, 0.717) is 25.3 Å². The van der Waals surface area contributed by atoms with Crippen LogP contribution < -0.4 is 10.2 Å². The van der Waals surface area contributed by atoms with Crippen molar-refractivity contribution in [3.05, 3.63) is 53.4 Å². The van der Waals surface area contributed by atoms with Crippen LogP contribution in [0.25, 0.3) is 16.8 Å². The van der Waals surface area contributed by atoms with Crippen LogP contribution >= 0.6 is 0 Å². The SMILES string of the molecule is CCc1nc2cc(-c3cc(NC(=O)c4cnn(C(C)(C)C)n4)c(F)cc3C)cc(N3CCOCC3)n2n1. The molecule has 4 aromatic rings. The predicted octanol–water partition coefficient (Wildman–Crippen LogP) is 3.84. The van der Waals surface area contributed by atoms with E-state index in [0.717, 1.165) is 41.4 Å². The number of benzene rings is 1. The Morgan fingerprint density at radius 2 is 1.89 bits per heavy atom. The second kappa shape index (κ2) is 9.55. The van der Waals surface area contributed by atoms with Crippen LogP contribution in [0.5, 0.6) is 0 Å². The first-order valence-corrected chi connectivity index (χ1v) is 12.4. The van der Waals surface area contributed by atoms with E-state index >= 15 is 0 Å². The number of nitrogens with zero attached hydrogens (tertiary/aromatic N) is 7. The van der Waals surface area contributed by atoms with E-state index in [4.69, 9.17) is 4.74 Å². The summed E-state index contributed by atoms with van der Waals surface area (Å²) in [6, 6.07) is 7.06. The molecule has 11 heteroatoms. The molecule has 4 heterocycles. The molecule has 0 saturated carbocycles. The lowest BCUT2D eigenvalue weighted by molar-refractivity contribution is 0.102. The summed E-state index contributed by atoms with van der Waals surface area (Å²) in [5, 5.41) is 15.8. The summed E-state index contributed by atoms with van der Waals surface area (Å²) in [5.41, 5.74) is 2.90. The third-order valence-corrected chi connectivity index (χ3v) is 6.31. The Morgan fingerprint density at radius 1 is 1.14 bits per heavy atom. The molecule has 0 atom stereocenters. The molecular weight excluding hydrogens is 475 g/mol. The monoisotopic (exact) mass is 506 g/mol. The number of fused-ring (bicyclic) bond motifs is 1. The van der Waals surface area contributed by atoms with Crippen LogP contribution in [0.4, 0.5) is 15.9 Å². The Morgan fingerprint density at radius 3 is 2.57 bits per heavy atom. The van der Waals surface area contributed by atoms with Gasteiger partial charge < -0.3 is 15.0 Å². The fourth-order valence-electron chi connectivity index (χ4n) is 4.29. The molecule has 3 aromatic heterocycles. The normalized spacial score (nSPS) is 14.4. The second-order valence-electron chi connectivity index (χ2n) is 10.1. The van der Waals surface area contributed by atoms with Crippen molar-refractivity contribution in [2.24, 2.45) is 0 Å². The molecule has 0 radical (unpaired) electrons. The highest BCUT2D eigenvalue weighted by molar-refractivity contribution is 6.03. The minimum Gasteiger partial charge on any atom is -0.378 e. The Kier molecular flexibility index (Phi) is 6.40. The molecule has 0 aliphatic carbocycles. The Labute approximate surface area is 214 Å². The zero-order valence-electron chi connectivity index (χ0n) is 21.7. The molecule has 194 valence electrons. The highest BCUT2D eigenvalue weighted by Gasteiger charge is 2.22. The minimum absolute atomic E-state index is 0.0689. The maximum atomic E-state index is 15.0. The molecular formula is C26H31FN8O2. The van der Waals surface area contributed by atoms with E-state index in [2.05, 4.69) is 30.5 Å². The Balaban J connectivity index is 1.53. The van der Waals surface area contributed by atoms with Gasteiger partial charge in [0.05, 0.1) is 30.6 Å². The van der Waals surface area contributed by atoms with Gasteiger partial charge in [-0.2, -0.15) is 14.4 Å². The number of hydrogen-bond acceptors (Lipinski definition) is 7. The fraction of sp³-hybridized carbons (Fsp3) is 0.423. The summed E-state index contributed by atoms with van der Waals surface area (Å²) in [7, 11) is 0. The van der Waals surface area contributed by atoms with Crippen molar-refractivity contribution in [2.45, 2.75) is 46.6 Å². The average molecular weight is 507 g/mol. The number of nitrogens with one attached hydrogen (secondary N) is 1. The van der Waals surface area contributed by atoms with Gasteiger partial charge in [0.2, 0.25) is 0 Å². The zero-order valence-corrected chi connectivity index (χ0v) is 21.7. The van der Waals surface area contributed by atoms with E-state index in [1.54, 1.807) is 6.07 Å². The summed E-state index contributed by atoms with van der Waals surface area (Å²) in [4.78, 5) is 21.2. The number of anilines is 2. The second-order valence-corrected chi connectivity index (χ2v) is 10.1. The standard InChI is InChI=1S/C26H31FN8O2/c1-6-22-30-23-12-17(13-24(34(23)32-22)33-7-9-37-10-8-33)18-14-20(19(27)11-16(18)2)29-25(36)21-15-28-35(31-21)26(3,4)5/h11-15H,6-10H2,1-5H3,(H,29,36). The molecule has 1 saturated heterocycles. The van der Waals surface area contributed by atoms with Crippen molar-refractivity contribution < 1.29 is 13.9 Å². The van der Waals surface area contributed by atoms with Crippen LogP contribution in [0, 0.1) is 12.7 Å². The first-order valence-electron chi connectivity index (χ1n) is 12.4. The summed E-state index contributed by atoms with van der Waals surface area (Å²) < 4.78 is 22.4. The summed E-state index contributed by atoms with van der Waals surface area (Å²) in [6.45, 7) is 12.4. The average Bonchev–Trinajstić information content (AvgIpc) is 3.53. The van der Waals surface area contributed by atoms with Gasteiger partial charge >= 0.3 is 0 Å². The number of pyridine rings is 1. The van der Waals surface area contributed by atoms with Crippen LogP contribution in [0.1, 0.15) is 49.6 Å². The van der Waals surface area contributed by atoms with Crippen LogP contribution in [0.3, 0.4) is 0 Å². The van der Waals surface area contributed by atoms with Gasteiger partial charge in [-0.25, -0.2) is 9.37 Å². The number of aromatic nitrogens is 6. The quantitative estimate of drug-likeness (QED) is 0.439. The highest BCUT2D eigenvalue weighted by Crippen LogP contribution is 2.33. The molecule has 0 unspecified atom stereocenters. The van der Waals surface area contributed by atoms with Crippen molar-refractivity contribution in [3.63, 3.8) is 0 Å². The van der Waals surface area contributed by atoms with Gasteiger partial charge in [-0.15, -0.1) is 10.2 Å². The third-order valence-electron chi connectivity index (χ3n) is 6.31. The molecule has 0 bridgehead atoms. The lowest BCUT2D eigenvalue weighted by Gasteiger charge is -2.29. The lowest BCUT2D eigenvalue weighted by atomic mass is 9.99. The van der Waals surface area contributed by atoms with E-state index < -0.39 is 11.7 Å². The van der Waals surface area contributed by atoms with Crippen LogP contribution in [-0.2, 0) is 16.7 Å². The van der Waals surface area contributed by atoms with Crippen molar-refractivity contribution >= 4 is 23.1 Å². The molecule has 5 rings (SSSR count). The number of ether oxygens (including phenoxy) is 1. The number of hydrogen-bond donors (Lipinski definition) is 1. The maximum absolute atomic E-state index is 15.0. The van der Waals surface area contributed by atoms with Crippen molar-refractivity contribution in [2.75, 3.05) is 36.5 Å². The molecule has 1 amide bonds. The van der Waals surface area contributed by atoms with Crippen molar-refractivity contribution in [3.8, 4) is 11.1 Å². The first kappa shape index (κ1) is 24.8. The molecule has 10 nitrogen and oxygen atoms in total. The number of amides is 1. The van der Waals surface area contributed by atoms with Gasteiger partial charge in [0, 0.05) is 19.5 Å². The summed E-state index contributed by atoms with van der Waals surface area (Å²) >= 11 is 0. The number of rotatable bonds is 5. The number of carbonyl (C=O) groups is 1. The van der Waals surface area contributed by atoms with E-state index in [1.807, 2.05) is 51.3 Å². The van der Waals surface area contributed by atoms with Gasteiger partial charge in [0.25, 0.3) is 5.91 Å². The number of aryl methyl sites for hydroxylation is 2. The zero-order chi connectivity index (χ0) is 26.3. The highest BCUT2D eigenvalue weighted by atomic mass is 19.1. The molecule has 37 heavy (non-hydrogen) atoms. The van der Waals surface area contributed by atoms with Gasteiger partial charge in [0.15, 0.2) is 17.2 Å². The molecule has 1 aromatic carbocycles. The molecule has 1 aliphatic heterocycles. The predicted molar refractivity (Wildman–Crippen MR) is 138 cm³/mol. The lowest BCUT2D eigenvalue weighted by Crippen LogP contribution is -2.37. The molecule has 0 spiro atoms. The van der Waals surface area contributed by atoms with Crippen molar-refractivity contribution in [1.82, 2.24) is 29.6 Å². The van der Waals surface area contributed by atoms with E-state index in [1.165, 1.54) is 17.1 Å². The number of morpholine rings is 1. The van der Waals surface area contributed by atoms with Gasteiger partial charge in [-0.05, 0) is 68.7 Å². The molecule has 1 N–H and O–H groups in total. The minimum atomic E-state index is -0.529. The molecule has 1 aliphatic rings. The van der Waals surface area contributed by atoms with Gasteiger partial charge in [0.1, 0.15) is 11.6 Å². The topological polar surface area (TPSA) is 102 Å². The largest absolute Gasteiger partial charge is 0.378 e. The van der Waals surface area contributed by atoms with Crippen LogP contribution in [-0.4, -0.2) is 61.8 Å². The van der Waals surface area contributed by atoms with Gasteiger partial charge in [-0.3, -0.25) is 4.79 Å².